The van der Waals surface area contributed by atoms with Crippen molar-refractivity contribution in [2.75, 3.05) is 13.1 Å². The minimum absolute atomic E-state index is 0. The van der Waals surface area contributed by atoms with E-state index in [1.165, 1.54) is 16.7 Å². The third-order valence-electron chi connectivity index (χ3n) is 5.52. The SMILES string of the molecule is CC1=C2CCN(CCc3ccccc3)C23CC=C(C#N)C=C3N=C1.Cl. The molecule has 2 heterocycles. The van der Waals surface area contributed by atoms with Gasteiger partial charge in [-0.1, -0.05) is 36.4 Å². The van der Waals surface area contributed by atoms with Crippen LogP contribution in [-0.2, 0) is 6.42 Å². The molecule has 0 N–H and O–H groups in total. The van der Waals surface area contributed by atoms with Crippen LogP contribution in [0.4, 0.5) is 0 Å². The summed E-state index contributed by atoms with van der Waals surface area (Å²) in [7, 11) is 0. The van der Waals surface area contributed by atoms with Gasteiger partial charge >= 0.3 is 0 Å². The molecule has 128 valence electrons. The highest BCUT2D eigenvalue weighted by Gasteiger charge is 2.49. The first-order valence-corrected chi connectivity index (χ1v) is 8.60. The Balaban J connectivity index is 0.00000182. The van der Waals surface area contributed by atoms with Crippen LogP contribution in [-0.4, -0.2) is 29.7 Å². The molecule has 1 atom stereocenters. The average Bonchev–Trinajstić information content (AvgIpc) is 3.00. The fraction of sp³-hybridized carbons (Fsp3) is 0.333. The molecule has 0 bridgehead atoms. The summed E-state index contributed by atoms with van der Waals surface area (Å²) in [4.78, 5) is 7.29. The minimum atomic E-state index is -0.117. The van der Waals surface area contributed by atoms with Crippen LogP contribution in [0.3, 0.4) is 0 Å². The van der Waals surface area contributed by atoms with Crippen LogP contribution in [0.1, 0.15) is 25.3 Å². The lowest BCUT2D eigenvalue weighted by Gasteiger charge is -2.43. The van der Waals surface area contributed by atoms with Gasteiger partial charge in [-0.05, 0) is 49.0 Å². The van der Waals surface area contributed by atoms with Crippen LogP contribution in [0.15, 0.2) is 69.9 Å². The Hall–Kier alpha value is -2.15. The number of allylic oxidation sites excluding steroid dienone is 3. The van der Waals surface area contributed by atoms with Crippen molar-refractivity contribution >= 4 is 18.6 Å². The molecule has 1 saturated heterocycles. The van der Waals surface area contributed by atoms with Crippen LogP contribution in [0.5, 0.6) is 0 Å². The van der Waals surface area contributed by atoms with Gasteiger partial charge in [0.2, 0.25) is 0 Å². The monoisotopic (exact) mass is 351 g/mol. The molecule has 1 unspecified atom stereocenters. The Labute approximate surface area is 155 Å². The van der Waals surface area contributed by atoms with Gasteiger partial charge in [0, 0.05) is 24.9 Å². The number of aliphatic imine (C=N–C) groups is 1. The van der Waals surface area contributed by atoms with E-state index >= 15 is 0 Å². The van der Waals surface area contributed by atoms with Crippen molar-refractivity contribution in [2.45, 2.75) is 31.7 Å². The van der Waals surface area contributed by atoms with Gasteiger partial charge in [0.1, 0.15) is 0 Å². The van der Waals surface area contributed by atoms with Crippen molar-refractivity contribution in [1.29, 1.82) is 5.26 Å². The maximum Gasteiger partial charge on any atom is 0.0988 e. The summed E-state index contributed by atoms with van der Waals surface area (Å²) in [6, 6.07) is 12.9. The third-order valence-corrected chi connectivity index (χ3v) is 5.52. The third kappa shape index (κ3) is 2.86. The number of hydrogen-bond donors (Lipinski definition) is 0. The predicted octanol–water partition coefficient (Wildman–Crippen LogP) is 4.23. The highest BCUT2D eigenvalue weighted by atomic mass is 35.5. The Bertz CT molecular complexity index is 826. The molecule has 1 aliphatic carbocycles. The van der Waals surface area contributed by atoms with Gasteiger partial charge in [-0.15, -0.1) is 12.4 Å². The maximum absolute atomic E-state index is 9.25. The van der Waals surface area contributed by atoms with Gasteiger partial charge in [0.25, 0.3) is 0 Å². The van der Waals surface area contributed by atoms with E-state index in [1.54, 1.807) is 0 Å². The molecule has 4 heteroatoms. The van der Waals surface area contributed by atoms with Gasteiger partial charge in [-0.25, -0.2) is 0 Å². The van der Waals surface area contributed by atoms with E-state index in [2.05, 4.69) is 54.3 Å². The lowest BCUT2D eigenvalue weighted by Crippen LogP contribution is -2.49. The molecule has 0 saturated carbocycles. The molecule has 3 nitrogen and oxygen atoms in total. The van der Waals surface area contributed by atoms with E-state index in [-0.39, 0.29) is 17.9 Å². The van der Waals surface area contributed by atoms with Crippen molar-refractivity contribution in [3.05, 3.63) is 70.5 Å². The number of halogens is 1. The lowest BCUT2D eigenvalue weighted by molar-refractivity contribution is 0.195. The van der Waals surface area contributed by atoms with Crippen molar-refractivity contribution in [2.24, 2.45) is 4.99 Å². The Morgan fingerprint density at radius 3 is 2.84 bits per heavy atom. The second kappa shape index (κ2) is 7.00. The van der Waals surface area contributed by atoms with Crippen LogP contribution >= 0.6 is 12.4 Å². The Morgan fingerprint density at radius 1 is 1.28 bits per heavy atom. The summed E-state index contributed by atoms with van der Waals surface area (Å²) >= 11 is 0. The smallest absolute Gasteiger partial charge is 0.0988 e. The molecule has 1 aromatic rings. The van der Waals surface area contributed by atoms with Gasteiger partial charge in [0.15, 0.2) is 0 Å². The van der Waals surface area contributed by atoms with Gasteiger partial charge in [-0.3, -0.25) is 9.89 Å². The van der Waals surface area contributed by atoms with Crippen molar-refractivity contribution in [3.8, 4) is 6.07 Å². The predicted molar refractivity (Wildman–Crippen MR) is 104 cm³/mol. The second-order valence-electron chi connectivity index (χ2n) is 6.76. The highest BCUT2D eigenvalue weighted by Crippen LogP contribution is 2.48. The zero-order valence-electron chi connectivity index (χ0n) is 14.4. The molecule has 3 aliphatic rings. The molecule has 0 aromatic heterocycles. The molecule has 25 heavy (non-hydrogen) atoms. The van der Waals surface area contributed by atoms with Gasteiger partial charge in [-0.2, -0.15) is 5.26 Å². The summed E-state index contributed by atoms with van der Waals surface area (Å²) in [5, 5.41) is 9.25. The summed E-state index contributed by atoms with van der Waals surface area (Å²) in [6.45, 7) is 4.25. The highest BCUT2D eigenvalue weighted by molar-refractivity contribution is 5.85. The fourth-order valence-corrected chi connectivity index (χ4v) is 4.29. The molecule has 4 rings (SSSR count). The maximum atomic E-state index is 9.25. The van der Waals surface area contributed by atoms with Crippen molar-refractivity contribution in [3.63, 3.8) is 0 Å². The number of rotatable bonds is 3. The average molecular weight is 352 g/mol. The number of dihydropyridines is 1. The second-order valence-corrected chi connectivity index (χ2v) is 6.76. The largest absolute Gasteiger partial charge is 0.288 e. The van der Waals surface area contributed by atoms with E-state index in [4.69, 9.17) is 4.99 Å². The molecule has 1 aromatic carbocycles. The fourth-order valence-electron chi connectivity index (χ4n) is 4.29. The molecule has 2 aliphatic heterocycles. The Morgan fingerprint density at radius 2 is 2.08 bits per heavy atom. The van der Waals surface area contributed by atoms with Crippen molar-refractivity contribution < 1.29 is 0 Å². The topological polar surface area (TPSA) is 39.4 Å². The van der Waals surface area contributed by atoms with E-state index in [0.717, 1.165) is 43.6 Å². The zero-order chi connectivity index (χ0) is 16.6. The minimum Gasteiger partial charge on any atom is -0.288 e. The standard InChI is InChI=1S/C21H21N3.ClH/c1-16-15-23-20-13-18(14-22)7-10-21(20)19(16)9-12-24(21)11-8-17-5-3-2-4-6-17;/h2-7,13,15H,8-12H2,1H3;1H. The Kier molecular flexibility index (Phi) is 4.94. The number of benzene rings is 1. The van der Waals surface area contributed by atoms with E-state index in [0.29, 0.717) is 0 Å². The molecule has 1 spiro atoms. The molecular formula is C21H22ClN3. The summed E-state index contributed by atoms with van der Waals surface area (Å²) in [5.74, 6) is 0. The van der Waals surface area contributed by atoms with Crippen LogP contribution < -0.4 is 0 Å². The quantitative estimate of drug-likeness (QED) is 0.817. The van der Waals surface area contributed by atoms with Crippen molar-refractivity contribution in [1.82, 2.24) is 4.90 Å². The first-order chi connectivity index (χ1) is 11.7. The summed E-state index contributed by atoms with van der Waals surface area (Å²) in [6.07, 6.45) is 9.03. The number of hydrogen-bond acceptors (Lipinski definition) is 3. The van der Waals surface area contributed by atoms with E-state index < -0.39 is 0 Å². The van der Waals surface area contributed by atoms with Crippen LogP contribution in [0.2, 0.25) is 0 Å². The normalized spacial score (nSPS) is 24.6. The molecule has 0 amide bonds. The first-order valence-electron chi connectivity index (χ1n) is 8.60. The van der Waals surface area contributed by atoms with Gasteiger partial charge in [0.05, 0.1) is 17.3 Å². The van der Waals surface area contributed by atoms with Crippen LogP contribution in [0.25, 0.3) is 0 Å². The first kappa shape index (κ1) is 17.7. The number of nitrogens with zero attached hydrogens (tertiary/aromatic N) is 3. The number of likely N-dealkylation sites (tertiary alicyclic amines) is 1. The lowest BCUT2D eigenvalue weighted by atomic mass is 9.76. The van der Waals surface area contributed by atoms with E-state index in [1.807, 2.05) is 12.3 Å². The summed E-state index contributed by atoms with van der Waals surface area (Å²) < 4.78 is 0. The van der Waals surface area contributed by atoms with Crippen LogP contribution in [0, 0.1) is 11.3 Å². The molecule has 1 fully saturated rings. The molecule has 0 radical (unpaired) electrons. The number of nitriles is 1. The summed E-state index contributed by atoms with van der Waals surface area (Å²) in [5.41, 5.74) is 5.83. The zero-order valence-corrected chi connectivity index (χ0v) is 15.2. The van der Waals surface area contributed by atoms with Gasteiger partial charge < -0.3 is 0 Å². The van der Waals surface area contributed by atoms with E-state index in [9.17, 15) is 5.26 Å². The molecular weight excluding hydrogens is 330 g/mol.